The number of nitrogens with zero attached hydrogens (tertiary/aromatic N) is 8. The molecule has 88 heavy (non-hydrogen) atoms. The minimum Gasteiger partial charge on any atom is -0.657 e. The van der Waals surface area contributed by atoms with Crippen molar-refractivity contribution >= 4 is 88.7 Å². The second-order valence-corrected chi connectivity index (χ2v) is 22.6. The van der Waals surface area contributed by atoms with Gasteiger partial charge in [0.2, 0.25) is 0 Å². The van der Waals surface area contributed by atoms with E-state index in [-0.39, 0.29) is 33.0 Å². The van der Waals surface area contributed by atoms with E-state index in [1.165, 1.54) is 89.1 Å². The van der Waals surface area contributed by atoms with Crippen LogP contribution >= 0.6 is 0 Å². The van der Waals surface area contributed by atoms with E-state index in [9.17, 15) is 0 Å². The molecule has 0 spiro atoms. The van der Waals surface area contributed by atoms with E-state index in [1.807, 2.05) is 0 Å². The summed E-state index contributed by atoms with van der Waals surface area (Å²) < 4.78 is 0. The molecule has 0 aliphatic carbocycles. The summed E-state index contributed by atoms with van der Waals surface area (Å²) >= 11 is 0. The quantitative estimate of drug-likeness (QED) is 0.0697. The third-order valence-corrected chi connectivity index (χ3v) is 18.5. The first-order chi connectivity index (χ1) is 41.9. The molecule has 0 saturated carbocycles. The van der Waals surface area contributed by atoms with Crippen molar-refractivity contribution in [1.29, 1.82) is 0 Å². The first kappa shape index (κ1) is 66.8. The topological polar surface area (TPSA) is 108 Å². The second-order valence-electron chi connectivity index (χ2n) is 22.6. The fraction of sp³-hybridized carbons (Fsp3) is 0.410. The minimum atomic E-state index is 0. The Morgan fingerprint density at radius 3 is 0.705 bits per heavy atom. The van der Waals surface area contributed by atoms with Gasteiger partial charge in [-0.3, -0.25) is 0 Å². The van der Waals surface area contributed by atoms with Crippen LogP contribution in [0.15, 0.2) is 36.4 Å². The van der Waals surface area contributed by atoms with Crippen LogP contribution < -0.4 is 19.9 Å². The number of aromatic nitrogens is 8. The SMILES string of the molecule is CCC1=C(CC)c2cc3[n-]c(c(C#CC#CC#Cc4c5nc(cc6[n-]c(cc7nc(cc8[n-]c4c(CC)c8CC)C(CC)=C7CC)c(CC)c6CC)C(CC)=C5CC)c4nc(cc5[n-]c(cc1n2)c(CC)c5CC)C(CC)=C4CC)c(CC)c3CC.[Ni+2].[Ni+2]. The minimum absolute atomic E-state index is 0. The molecule has 16 bridgehead atoms. The largest absolute Gasteiger partial charge is 2.00 e. The van der Waals surface area contributed by atoms with Crippen molar-refractivity contribution in [3.8, 4) is 35.5 Å². The molecule has 8 nitrogen and oxygen atoms in total. The van der Waals surface area contributed by atoms with Crippen molar-refractivity contribution in [2.24, 2.45) is 0 Å². The number of aryl methyl sites for hydroxylation is 8. The predicted molar refractivity (Wildman–Crippen MR) is 364 cm³/mol. The number of allylic oxidation sites excluding steroid dienone is 8. The van der Waals surface area contributed by atoms with Crippen molar-refractivity contribution in [2.45, 2.75) is 214 Å². The molecule has 6 aromatic rings. The van der Waals surface area contributed by atoms with Gasteiger partial charge >= 0.3 is 33.0 Å². The predicted octanol–water partition coefficient (Wildman–Crippen LogP) is 18.3. The molecule has 0 radical (unpaired) electrons. The van der Waals surface area contributed by atoms with Gasteiger partial charge in [-0.15, -0.1) is 44.1 Å². The van der Waals surface area contributed by atoms with Crippen LogP contribution in [0.1, 0.15) is 263 Å². The molecule has 0 unspecified atom stereocenters. The van der Waals surface area contributed by atoms with Gasteiger partial charge in [0.15, 0.2) is 0 Å². The van der Waals surface area contributed by atoms with Crippen LogP contribution in [-0.4, -0.2) is 19.9 Å². The first-order valence-electron chi connectivity index (χ1n) is 32.8. The molecule has 6 aromatic heterocycles. The third-order valence-electron chi connectivity index (χ3n) is 18.5. The second kappa shape index (κ2) is 29.0. The average molecular weight is 1250 g/mol. The Labute approximate surface area is 544 Å². The van der Waals surface area contributed by atoms with Crippen LogP contribution in [0.25, 0.3) is 88.7 Å². The summed E-state index contributed by atoms with van der Waals surface area (Å²) in [5.41, 5.74) is 36.5. The molecule has 0 aromatic carbocycles. The van der Waals surface area contributed by atoms with Gasteiger partial charge in [-0.25, -0.2) is 19.9 Å². The van der Waals surface area contributed by atoms with E-state index in [1.54, 1.807) is 0 Å². The third kappa shape index (κ3) is 11.7. The van der Waals surface area contributed by atoms with Crippen molar-refractivity contribution in [3.05, 3.63) is 138 Å². The van der Waals surface area contributed by atoms with Crippen molar-refractivity contribution in [1.82, 2.24) is 39.9 Å². The van der Waals surface area contributed by atoms with Gasteiger partial charge in [-0.2, -0.15) is 0 Å². The summed E-state index contributed by atoms with van der Waals surface area (Å²) in [5.74, 6) is 20.5. The maximum absolute atomic E-state index is 5.60. The summed E-state index contributed by atoms with van der Waals surface area (Å²) in [5, 5.41) is 0. The Morgan fingerprint density at radius 2 is 0.466 bits per heavy atom. The average Bonchev–Trinajstić information content (AvgIpc) is 1.73. The summed E-state index contributed by atoms with van der Waals surface area (Å²) in [6.45, 7) is 35.8. The van der Waals surface area contributed by atoms with Crippen LogP contribution in [0.4, 0.5) is 0 Å². The molecule has 0 atom stereocenters. The molecule has 10 heterocycles. The van der Waals surface area contributed by atoms with Gasteiger partial charge in [0.1, 0.15) is 0 Å². The molecule has 4 aliphatic heterocycles. The van der Waals surface area contributed by atoms with E-state index in [2.05, 4.69) is 183 Å². The van der Waals surface area contributed by atoms with E-state index in [0.29, 0.717) is 0 Å². The summed E-state index contributed by atoms with van der Waals surface area (Å²) in [6, 6.07) is 13.4. The Balaban J connectivity index is 0.00000501. The number of fused-ring (bicyclic) bond motifs is 16. The Hall–Kier alpha value is -7.13. The smallest absolute Gasteiger partial charge is 0.657 e. The maximum atomic E-state index is 5.60. The molecule has 0 N–H and O–H groups in total. The zero-order valence-corrected chi connectivity index (χ0v) is 57.0. The van der Waals surface area contributed by atoms with Gasteiger partial charge < -0.3 is 19.9 Å². The maximum Gasteiger partial charge on any atom is 2.00 e. The number of hydrogen-bond donors (Lipinski definition) is 0. The van der Waals surface area contributed by atoms with Gasteiger partial charge in [0, 0.05) is 11.1 Å². The first-order valence-corrected chi connectivity index (χ1v) is 32.8. The zero-order valence-electron chi connectivity index (χ0n) is 55.0. The Bertz CT molecular complexity index is 4160. The van der Waals surface area contributed by atoms with Crippen LogP contribution in [0.2, 0.25) is 0 Å². The van der Waals surface area contributed by atoms with E-state index in [4.69, 9.17) is 39.9 Å². The molecule has 4 aliphatic rings. The van der Waals surface area contributed by atoms with E-state index >= 15 is 0 Å². The van der Waals surface area contributed by atoms with Gasteiger partial charge in [0.05, 0.1) is 45.6 Å². The van der Waals surface area contributed by atoms with Gasteiger partial charge in [-0.05, 0) is 171 Å². The van der Waals surface area contributed by atoms with Crippen molar-refractivity contribution in [3.63, 3.8) is 0 Å². The standard InChI is InChI=1S/C78H86N8.2Ni/c1-17-45-49(21-5)67-41-71-53(25-9)57(29-13)75(83-71)61(76-58(30-14)54(26-10)72(84-76)42-68-50(22-6)46(18-2)64(80-68)39-63(45)79-67)37-35-33-34-36-38-62-77-59(31-15)55(27-11)73(85-77)43-69-51(23-7)47(19-3)65(81-69)40-66-48(20-4)52(24-8)70(82-66)44-74-56(28-12)60(32-16)78(62)86-74;;/h39-44H,17-32H2,1-16H3;;/q-4;2*+2. The van der Waals surface area contributed by atoms with E-state index < -0.39 is 0 Å². The van der Waals surface area contributed by atoms with Crippen LogP contribution in [0.3, 0.4) is 0 Å². The fourth-order valence-corrected chi connectivity index (χ4v) is 14.5. The Morgan fingerprint density at radius 1 is 0.250 bits per heavy atom. The van der Waals surface area contributed by atoms with Crippen LogP contribution in [0, 0.1) is 35.5 Å². The zero-order chi connectivity index (χ0) is 61.1. The molecule has 458 valence electrons. The molecule has 10 heteroatoms. The van der Waals surface area contributed by atoms with Crippen LogP contribution in [0.5, 0.6) is 0 Å². The summed E-state index contributed by atoms with van der Waals surface area (Å²) in [6.07, 6.45) is 13.4. The number of hydrogen-bond acceptors (Lipinski definition) is 4. The molecular formula is C78H86N8Ni2. The monoisotopic (exact) mass is 1250 g/mol. The van der Waals surface area contributed by atoms with Gasteiger partial charge in [-0.1, -0.05) is 204 Å². The van der Waals surface area contributed by atoms with Crippen LogP contribution in [-0.2, 0) is 84.3 Å². The van der Waals surface area contributed by atoms with Crippen molar-refractivity contribution in [2.75, 3.05) is 0 Å². The summed E-state index contributed by atoms with van der Waals surface area (Å²) in [7, 11) is 0. The number of rotatable bonds is 16. The normalized spacial score (nSPS) is 12.9. The summed E-state index contributed by atoms with van der Waals surface area (Å²) in [4.78, 5) is 44.1. The van der Waals surface area contributed by atoms with Gasteiger partial charge in [0.25, 0.3) is 0 Å². The molecular weight excluding hydrogens is 1170 g/mol. The van der Waals surface area contributed by atoms with E-state index in [0.717, 1.165) is 204 Å². The molecule has 0 fully saturated rings. The molecule has 10 rings (SSSR count). The Kier molecular flexibility index (Phi) is 22.0. The van der Waals surface area contributed by atoms with Crippen molar-refractivity contribution < 1.29 is 33.0 Å². The fourth-order valence-electron chi connectivity index (χ4n) is 14.5. The molecule has 0 amide bonds. The molecule has 0 saturated heterocycles.